The van der Waals surface area contributed by atoms with Crippen LogP contribution in [0.5, 0.6) is 0 Å². The van der Waals surface area contributed by atoms with Gasteiger partial charge in [-0.1, -0.05) is 6.07 Å². The van der Waals surface area contributed by atoms with Gasteiger partial charge in [-0.25, -0.2) is 4.98 Å². The van der Waals surface area contributed by atoms with Crippen molar-refractivity contribution in [3.05, 3.63) is 30.2 Å². The Balaban J connectivity index is 2.42. The van der Waals surface area contributed by atoms with E-state index in [0.29, 0.717) is 0 Å². The summed E-state index contributed by atoms with van der Waals surface area (Å²) in [6.45, 7) is 0. The third kappa shape index (κ3) is 1.63. The van der Waals surface area contributed by atoms with Crippen LogP contribution in [-0.4, -0.2) is 17.8 Å². The van der Waals surface area contributed by atoms with Crippen LogP contribution in [0.4, 0.5) is 0 Å². The number of hydrogen-bond acceptors (Lipinski definition) is 4. The standard InChI is InChI=1S/C10H12N2OS/c1-11-9(5-14)7-2-3-8-10(4-7)13-6-12-8/h2-4,6,9,11,14H,5H2,1H3. The van der Waals surface area contributed by atoms with Gasteiger partial charge in [-0.05, 0) is 24.7 Å². The van der Waals surface area contributed by atoms with Gasteiger partial charge in [0.05, 0.1) is 0 Å². The van der Waals surface area contributed by atoms with Crippen molar-refractivity contribution < 1.29 is 4.42 Å². The van der Waals surface area contributed by atoms with Crippen LogP contribution in [0.2, 0.25) is 0 Å². The summed E-state index contributed by atoms with van der Waals surface area (Å²) in [6, 6.07) is 6.26. The van der Waals surface area contributed by atoms with Crippen LogP contribution in [0.25, 0.3) is 11.1 Å². The Labute approximate surface area is 87.9 Å². The lowest BCUT2D eigenvalue weighted by Gasteiger charge is -2.12. The highest BCUT2D eigenvalue weighted by Gasteiger charge is 2.08. The average molecular weight is 208 g/mol. The van der Waals surface area contributed by atoms with Gasteiger partial charge >= 0.3 is 0 Å². The second-order valence-corrected chi connectivity index (χ2v) is 3.47. The van der Waals surface area contributed by atoms with Gasteiger partial charge in [0.15, 0.2) is 12.0 Å². The van der Waals surface area contributed by atoms with E-state index in [0.717, 1.165) is 16.9 Å². The van der Waals surface area contributed by atoms with Crippen molar-refractivity contribution in [3.8, 4) is 0 Å². The van der Waals surface area contributed by atoms with Crippen molar-refractivity contribution in [1.82, 2.24) is 10.3 Å². The molecular weight excluding hydrogens is 196 g/mol. The number of nitrogens with one attached hydrogen (secondary N) is 1. The molecule has 0 spiro atoms. The molecule has 0 fully saturated rings. The van der Waals surface area contributed by atoms with E-state index in [-0.39, 0.29) is 6.04 Å². The largest absolute Gasteiger partial charge is 0.443 e. The molecule has 0 aliphatic carbocycles. The number of thiol groups is 1. The molecule has 3 nitrogen and oxygen atoms in total. The average Bonchev–Trinajstić information content (AvgIpc) is 2.66. The Bertz CT molecular complexity index is 423. The SMILES string of the molecule is CNC(CS)c1ccc2ncoc2c1. The molecule has 0 amide bonds. The molecule has 1 aromatic carbocycles. The Morgan fingerprint density at radius 2 is 2.43 bits per heavy atom. The highest BCUT2D eigenvalue weighted by molar-refractivity contribution is 7.80. The van der Waals surface area contributed by atoms with Crippen molar-refractivity contribution >= 4 is 23.7 Å². The van der Waals surface area contributed by atoms with E-state index in [2.05, 4.69) is 22.9 Å². The molecule has 2 rings (SSSR count). The second kappa shape index (κ2) is 4.02. The molecule has 4 heteroatoms. The van der Waals surface area contributed by atoms with Gasteiger partial charge in [0.1, 0.15) is 5.52 Å². The Kier molecular flexibility index (Phi) is 2.74. The molecule has 0 bridgehead atoms. The number of rotatable bonds is 3. The Hall–Kier alpha value is -1.00. The molecule has 1 aromatic heterocycles. The van der Waals surface area contributed by atoms with Crippen molar-refractivity contribution in [3.63, 3.8) is 0 Å². The number of benzene rings is 1. The van der Waals surface area contributed by atoms with Crippen LogP contribution < -0.4 is 5.32 Å². The number of fused-ring (bicyclic) bond motifs is 1. The first-order valence-electron chi connectivity index (χ1n) is 4.46. The Morgan fingerprint density at radius 3 is 3.14 bits per heavy atom. The van der Waals surface area contributed by atoms with Crippen molar-refractivity contribution in [2.24, 2.45) is 0 Å². The van der Waals surface area contributed by atoms with Crippen molar-refractivity contribution in [1.29, 1.82) is 0 Å². The molecule has 2 aromatic rings. The topological polar surface area (TPSA) is 38.1 Å². The van der Waals surface area contributed by atoms with Crippen LogP contribution in [0.1, 0.15) is 11.6 Å². The summed E-state index contributed by atoms with van der Waals surface area (Å²) in [5.74, 6) is 0.760. The number of aromatic nitrogens is 1. The van der Waals surface area contributed by atoms with Crippen molar-refractivity contribution in [2.75, 3.05) is 12.8 Å². The van der Waals surface area contributed by atoms with E-state index in [9.17, 15) is 0 Å². The molecule has 1 unspecified atom stereocenters. The summed E-state index contributed by atoms with van der Waals surface area (Å²) < 4.78 is 5.23. The third-order valence-corrected chi connectivity index (χ3v) is 2.65. The van der Waals surface area contributed by atoms with E-state index in [1.807, 2.05) is 25.2 Å². The normalized spacial score (nSPS) is 13.3. The molecule has 0 saturated heterocycles. The molecule has 1 N–H and O–H groups in total. The Morgan fingerprint density at radius 1 is 1.57 bits per heavy atom. The summed E-state index contributed by atoms with van der Waals surface area (Å²) in [5, 5.41) is 3.19. The summed E-state index contributed by atoms with van der Waals surface area (Å²) in [7, 11) is 1.92. The zero-order valence-corrected chi connectivity index (χ0v) is 8.79. The lowest BCUT2D eigenvalue weighted by Crippen LogP contribution is -2.17. The minimum Gasteiger partial charge on any atom is -0.443 e. The fraction of sp³-hybridized carbons (Fsp3) is 0.300. The summed E-state index contributed by atoms with van der Waals surface area (Å²) in [6.07, 6.45) is 1.46. The zero-order chi connectivity index (χ0) is 9.97. The third-order valence-electron chi connectivity index (χ3n) is 2.29. The molecule has 74 valence electrons. The highest BCUT2D eigenvalue weighted by Crippen LogP contribution is 2.20. The van der Waals surface area contributed by atoms with Gasteiger partial charge in [0.2, 0.25) is 0 Å². The molecule has 1 atom stereocenters. The minimum absolute atomic E-state index is 0.257. The maximum Gasteiger partial charge on any atom is 0.181 e. The first kappa shape index (κ1) is 9.55. The fourth-order valence-corrected chi connectivity index (χ4v) is 1.85. The van der Waals surface area contributed by atoms with Crippen LogP contribution in [0.15, 0.2) is 29.0 Å². The quantitative estimate of drug-likeness (QED) is 0.758. The van der Waals surface area contributed by atoms with Gasteiger partial charge < -0.3 is 9.73 Å². The van der Waals surface area contributed by atoms with Crippen LogP contribution in [0.3, 0.4) is 0 Å². The molecule has 0 aliphatic rings. The monoisotopic (exact) mass is 208 g/mol. The molecule has 14 heavy (non-hydrogen) atoms. The van der Waals surface area contributed by atoms with Gasteiger partial charge in [0, 0.05) is 11.8 Å². The van der Waals surface area contributed by atoms with E-state index in [4.69, 9.17) is 4.42 Å². The number of nitrogens with zero attached hydrogens (tertiary/aromatic N) is 1. The predicted molar refractivity (Wildman–Crippen MR) is 59.7 cm³/mol. The molecule has 0 saturated carbocycles. The smallest absolute Gasteiger partial charge is 0.181 e. The van der Waals surface area contributed by atoms with Crippen molar-refractivity contribution in [2.45, 2.75) is 6.04 Å². The van der Waals surface area contributed by atoms with Gasteiger partial charge in [0.25, 0.3) is 0 Å². The number of hydrogen-bond donors (Lipinski definition) is 2. The second-order valence-electron chi connectivity index (χ2n) is 3.10. The van der Waals surface area contributed by atoms with E-state index < -0.39 is 0 Å². The molecule has 0 aliphatic heterocycles. The van der Waals surface area contributed by atoms with Gasteiger partial charge in [-0.2, -0.15) is 12.6 Å². The zero-order valence-electron chi connectivity index (χ0n) is 7.90. The van der Waals surface area contributed by atoms with Crippen LogP contribution in [-0.2, 0) is 0 Å². The maximum atomic E-state index is 5.23. The lowest BCUT2D eigenvalue weighted by molar-refractivity contribution is 0.599. The van der Waals surface area contributed by atoms with E-state index in [1.54, 1.807) is 0 Å². The van der Waals surface area contributed by atoms with E-state index >= 15 is 0 Å². The molecular formula is C10H12N2OS. The van der Waals surface area contributed by atoms with Gasteiger partial charge in [-0.15, -0.1) is 0 Å². The van der Waals surface area contributed by atoms with Crippen LogP contribution >= 0.6 is 12.6 Å². The molecule has 0 radical (unpaired) electrons. The predicted octanol–water partition coefficient (Wildman–Crippen LogP) is 2.02. The summed E-state index contributed by atoms with van der Waals surface area (Å²) in [5.41, 5.74) is 2.89. The lowest BCUT2D eigenvalue weighted by atomic mass is 10.1. The minimum atomic E-state index is 0.257. The summed E-state index contributed by atoms with van der Waals surface area (Å²) >= 11 is 4.28. The van der Waals surface area contributed by atoms with E-state index in [1.165, 1.54) is 12.0 Å². The molecule has 1 heterocycles. The number of oxazole rings is 1. The first-order chi connectivity index (χ1) is 6.85. The first-order valence-corrected chi connectivity index (χ1v) is 5.09. The fourth-order valence-electron chi connectivity index (χ4n) is 1.45. The highest BCUT2D eigenvalue weighted by atomic mass is 32.1. The maximum absolute atomic E-state index is 5.23. The van der Waals surface area contributed by atoms with Gasteiger partial charge in [-0.3, -0.25) is 0 Å². The summed E-state index contributed by atoms with van der Waals surface area (Å²) in [4.78, 5) is 4.06. The van der Waals surface area contributed by atoms with Crippen LogP contribution in [0, 0.1) is 0 Å².